The summed E-state index contributed by atoms with van der Waals surface area (Å²) in [5, 5.41) is 27.0. The number of fused-ring (bicyclic) bond motifs is 1. The number of benzene rings is 1. The van der Waals surface area contributed by atoms with Crippen LogP contribution in [0, 0.1) is 6.92 Å². The molecule has 0 saturated heterocycles. The molecule has 2 aromatic heterocycles. The van der Waals surface area contributed by atoms with Crippen molar-refractivity contribution in [3.05, 3.63) is 47.3 Å². The highest BCUT2D eigenvalue weighted by Gasteiger charge is 2.15. The minimum absolute atomic E-state index is 0.0831. The Balaban J connectivity index is 1.65. The zero-order chi connectivity index (χ0) is 19.4. The first-order valence-corrected chi connectivity index (χ1v) is 9.04. The highest BCUT2D eigenvalue weighted by atomic mass is 32.1. The van der Waals surface area contributed by atoms with E-state index in [0.29, 0.717) is 22.0 Å². The van der Waals surface area contributed by atoms with E-state index in [1.54, 1.807) is 13.8 Å². The molecule has 27 heavy (non-hydrogen) atoms. The molecule has 140 valence electrons. The van der Waals surface area contributed by atoms with E-state index in [1.807, 2.05) is 24.3 Å². The van der Waals surface area contributed by atoms with Gasteiger partial charge in [-0.25, -0.2) is 10.4 Å². The number of amides is 1. The zero-order valence-corrected chi connectivity index (χ0v) is 15.6. The summed E-state index contributed by atoms with van der Waals surface area (Å²) in [6.07, 6.45) is 2.74. The Morgan fingerprint density at radius 3 is 2.93 bits per heavy atom. The number of anilines is 1. The highest BCUT2D eigenvalue weighted by Crippen LogP contribution is 2.26. The molecule has 8 nitrogen and oxygen atoms in total. The van der Waals surface area contributed by atoms with Gasteiger partial charge >= 0.3 is 0 Å². The average molecular weight is 385 g/mol. The first-order chi connectivity index (χ1) is 13.0. The van der Waals surface area contributed by atoms with Gasteiger partial charge in [0.2, 0.25) is 0 Å². The van der Waals surface area contributed by atoms with Crippen LogP contribution in [0.15, 0.2) is 35.6 Å². The molecule has 0 bridgehead atoms. The molecular weight excluding hydrogens is 366 g/mol. The molecule has 2 heterocycles. The van der Waals surface area contributed by atoms with Gasteiger partial charge in [-0.1, -0.05) is 23.5 Å². The van der Waals surface area contributed by atoms with E-state index in [-0.39, 0.29) is 18.3 Å². The lowest BCUT2D eigenvalue weighted by Gasteiger charge is -2.11. The maximum Gasteiger partial charge on any atom is 0.262 e. The second-order valence-electron chi connectivity index (χ2n) is 5.88. The average Bonchev–Trinajstić information content (AvgIpc) is 3.07. The number of aromatic nitrogens is 2. The summed E-state index contributed by atoms with van der Waals surface area (Å²) in [7, 11) is 0. The number of thiazole rings is 1. The quantitative estimate of drug-likeness (QED) is 0.381. The number of aliphatic hydroxyl groups is 1. The van der Waals surface area contributed by atoms with Crippen LogP contribution >= 0.6 is 11.3 Å². The first-order valence-electron chi connectivity index (χ1n) is 8.23. The molecule has 0 saturated carbocycles. The Morgan fingerprint density at radius 2 is 2.19 bits per heavy atom. The van der Waals surface area contributed by atoms with Crippen LogP contribution < -0.4 is 10.7 Å². The third-order valence-corrected chi connectivity index (χ3v) is 4.89. The number of rotatable bonds is 6. The SMILES string of the molecule is Cc1ncc(CO)c(/C=N/NC(=O)[C@H](C)Nc2nc3ccccc3s2)c1O. The van der Waals surface area contributed by atoms with Crippen molar-refractivity contribution >= 4 is 38.8 Å². The van der Waals surface area contributed by atoms with Crippen LogP contribution in [0.2, 0.25) is 0 Å². The fourth-order valence-corrected chi connectivity index (χ4v) is 3.32. The van der Waals surface area contributed by atoms with E-state index in [1.165, 1.54) is 23.7 Å². The van der Waals surface area contributed by atoms with Crippen molar-refractivity contribution in [2.24, 2.45) is 5.10 Å². The third kappa shape index (κ3) is 4.21. The van der Waals surface area contributed by atoms with Crippen molar-refractivity contribution in [3.63, 3.8) is 0 Å². The molecule has 0 spiro atoms. The number of pyridine rings is 1. The van der Waals surface area contributed by atoms with Crippen LogP contribution in [0.1, 0.15) is 23.7 Å². The summed E-state index contributed by atoms with van der Waals surface area (Å²) < 4.78 is 1.03. The third-order valence-electron chi connectivity index (χ3n) is 3.92. The Kier molecular flexibility index (Phi) is 5.63. The normalized spacial score (nSPS) is 12.4. The molecule has 9 heteroatoms. The monoisotopic (exact) mass is 385 g/mol. The second-order valence-corrected chi connectivity index (χ2v) is 6.91. The van der Waals surface area contributed by atoms with Crippen molar-refractivity contribution in [1.82, 2.24) is 15.4 Å². The van der Waals surface area contributed by atoms with Crippen molar-refractivity contribution in [3.8, 4) is 5.75 Å². The fraction of sp³-hybridized carbons (Fsp3) is 0.222. The maximum absolute atomic E-state index is 12.2. The number of aryl methyl sites for hydroxylation is 1. The van der Waals surface area contributed by atoms with Gasteiger partial charge in [0.15, 0.2) is 5.13 Å². The summed E-state index contributed by atoms with van der Waals surface area (Å²) in [6.45, 7) is 3.03. The number of aliphatic hydroxyl groups excluding tert-OH is 1. The van der Waals surface area contributed by atoms with E-state index in [9.17, 15) is 15.0 Å². The summed E-state index contributed by atoms with van der Waals surface area (Å²) >= 11 is 1.46. The molecule has 3 rings (SSSR count). The van der Waals surface area contributed by atoms with Gasteiger partial charge in [0.25, 0.3) is 5.91 Å². The Hall–Kier alpha value is -3.04. The lowest BCUT2D eigenvalue weighted by Crippen LogP contribution is -2.34. The van der Waals surface area contributed by atoms with E-state index in [4.69, 9.17) is 0 Å². The van der Waals surface area contributed by atoms with Gasteiger partial charge in [-0.05, 0) is 26.0 Å². The topological polar surface area (TPSA) is 120 Å². The molecule has 0 unspecified atom stereocenters. The number of hydrazone groups is 1. The van der Waals surface area contributed by atoms with Crippen LogP contribution in [0.25, 0.3) is 10.2 Å². The second kappa shape index (κ2) is 8.11. The Labute approximate surface area is 159 Å². The van der Waals surface area contributed by atoms with E-state index < -0.39 is 6.04 Å². The molecule has 0 fully saturated rings. The largest absolute Gasteiger partial charge is 0.505 e. The molecule has 1 amide bonds. The van der Waals surface area contributed by atoms with Gasteiger partial charge in [0.05, 0.1) is 28.7 Å². The highest BCUT2D eigenvalue weighted by molar-refractivity contribution is 7.22. The van der Waals surface area contributed by atoms with Gasteiger partial charge in [-0.15, -0.1) is 0 Å². The molecule has 1 aromatic carbocycles. The van der Waals surface area contributed by atoms with Crippen molar-refractivity contribution in [2.75, 3.05) is 5.32 Å². The van der Waals surface area contributed by atoms with Gasteiger partial charge in [0, 0.05) is 17.3 Å². The summed E-state index contributed by atoms with van der Waals surface area (Å²) in [5.74, 6) is -0.443. The standard InChI is InChI=1S/C18H19N5O3S/c1-10-16(25)13(12(9-24)7-19-10)8-20-23-17(26)11(2)21-18-22-14-5-3-4-6-15(14)27-18/h3-8,11,24-25H,9H2,1-2H3,(H,21,22)(H,23,26)/b20-8+/t11-/m0/s1. The Morgan fingerprint density at radius 1 is 1.41 bits per heavy atom. The minimum atomic E-state index is -0.562. The van der Waals surface area contributed by atoms with E-state index >= 15 is 0 Å². The minimum Gasteiger partial charge on any atom is -0.505 e. The number of hydrogen-bond acceptors (Lipinski definition) is 8. The van der Waals surface area contributed by atoms with Crippen molar-refractivity contribution < 1.29 is 15.0 Å². The van der Waals surface area contributed by atoms with E-state index in [0.717, 1.165) is 10.2 Å². The first kappa shape index (κ1) is 18.7. The van der Waals surface area contributed by atoms with Gasteiger partial charge in [-0.3, -0.25) is 9.78 Å². The molecule has 1 atom stereocenters. The summed E-state index contributed by atoms with van der Waals surface area (Å²) in [5.41, 5.74) is 4.42. The summed E-state index contributed by atoms with van der Waals surface area (Å²) in [4.78, 5) is 20.6. The van der Waals surface area contributed by atoms with Crippen molar-refractivity contribution in [1.29, 1.82) is 0 Å². The van der Waals surface area contributed by atoms with Crippen LogP contribution in [-0.4, -0.2) is 38.3 Å². The van der Waals surface area contributed by atoms with E-state index in [2.05, 4.69) is 25.8 Å². The number of nitrogens with one attached hydrogen (secondary N) is 2. The smallest absolute Gasteiger partial charge is 0.262 e. The molecule has 0 aliphatic rings. The zero-order valence-electron chi connectivity index (χ0n) is 14.8. The molecule has 4 N–H and O–H groups in total. The molecule has 0 aliphatic heterocycles. The number of carbonyl (C=O) groups excluding carboxylic acids is 1. The van der Waals surface area contributed by atoms with Gasteiger partial charge in [-0.2, -0.15) is 5.10 Å². The van der Waals surface area contributed by atoms with Gasteiger partial charge in [0.1, 0.15) is 11.8 Å². The maximum atomic E-state index is 12.2. The summed E-state index contributed by atoms with van der Waals surface area (Å²) in [6, 6.07) is 7.16. The lowest BCUT2D eigenvalue weighted by atomic mass is 10.1. The molecule has 3 aromatic rings. The number of carbonyl (C=O) groups is 1. The van der Waals surface area contributed by atoms with Crippen LogP contribution in [0.3, 0.4) is 0 Å². The number of para-hydroxylation sites is 1. The number of hydrogen-bond donors (Lipinski definition) is 4. The predicted octanol–water partition coefficient (Wildman–Crippen LogP) is 2.15. The van der Waals surface area contributed by atoms with Crippen LogP contribution in [0.5, 0.6) is 5.75 Å². The van der Waals surface area contributed by atoms with Crippen LogP contribution in [0.4, 0.5) is 5.13 Å². The molecule has 0 radical (unpaired) electrons. The van der Waals surface area contributed by atoms with Crippen molar-refractivity contribution in [2.45, 2.75) is 26.5 Å². The molecule has 0 aliphatic carbocycles. The lowest BCUT2D eigenvalue weighted by molar-refractivity contribution is -0.121. The number of aromatic hydroxyl groups is 1. The Bertz CT molecular complexity index is 969. The predicted molar refractivity (Wildman–Crippen MR) is 105 cm³/mol. The molecular formula is C18H19N5O3S. The van der Waals surface area contributed by atoms with Gasteiger partial charge < -0.3 is 15.5 Å². The number of nitrogens with zero attached hydrogens (tertiary/aromatic N) is 3. The fourth-order valence-electron chi connectivity index (χ4n) is 2.36. The van der Waals surface area contributed by atoms with Crippen LogP contribution in [-0.2, 0) is 11.4 Å².